The first kappa shape index (κ1) is 19.2. The molecule has 6 rings (SSSR count). The predicted molar refractivity (Wildman–Crippen MR) is 135 cm³/mol. The lowest BCUT2D eigenvalue weighted by Gasteiger charge is -2.05. The highest BCUT2D eigenvalue weighted by molar-refractivity contribution is 7.45. The highest BCUT2D eigenvalue weighted by atomic mass is 31.1. The first-order chi connectivity index (χ1) is 15.8. The fourth-order valence-electron chi connectivity index (χ4n) is 4.46. The molecule has 1 heterocycles. The fourth-order valence-corrected chi connectivity index (χ4v) is 5.85. The Bertz CT molecular complexity index is 1550. The van der Waals surface area contributed by atoms with Gasteiger partial charge in [-0.05, 0) is 58.4 Å². The van der Waals surface area contributed by atoms with E-state index < -0.39 is 8.01 Å². The summed E-state index contributed by atoms with van der Waals surface area (Å²) in [5.74, 6) is 0. The van der Waals surface area contributed by atoms with E-state index in [4.69, 9.17) is 8.39 Å². The Balaban J connectivity index is 1.82. The molecule has 0 radical (unpaired) electrons. The number of hydrogen-bond acceptors (Lipinski definition) is 3. The predicted octanol–water partition coefficient (Wildman–Crippen LogP) is 8.31. The number of rotatable bonds is 3. The molecule has 0 saturated heterocycles. The SMILES string of the molecule is CNCc1cccc(-p2oc3ccc4ccccc4c3c3c(ccc4ccccc43)o2)c1. The fraction of sp³-hybridized carbons (Fsp3) is 0.0714. The molecule has 4 heteroatoms. The van der Waals surface area contributed by atoms with Crippen LogP contribution in [0.15, 0.2) is 105 Å². The van der Waals surface area contributed by atoms with E-state index in [0.717, 1.165) is 33.8 Å². The van der Waals surface area contributed by atoms with Gasteiger partial charge in [-0.1, -0.05) is 72.8 Å². The van der Waals surface area contributed by atoms with Crippen LogP contribution in [-0.2, 0) is 6.54 Å². The zero-order chi connectivity index (χ0) is 21.5. The second-order valence-electron chi connectivity index (χ2n) is 7.96. The van der Waals surface area contributed by atoms with Crippen LogP contribution in [0.4, 0.5) is 0 Å². The van der Waals surface area contributed by atoms with Crippen LogP contribution in [0.3, 0.4) is 0 Å². The lowest BCUT2D eigenvalue weighted by Crippen LogP contribution is -2.04. The molecule has 1 aromatic heterocycles. The van der Waals surface area contributed by atoms with Gasteiger partial charge >= 0.3 is 0 Å². The molecule has 0 bridgehead atoms. The molecule has 0 aliphatic rings. The summed E-state index contributed by atoms with van der Waals surface area (Å²) in [5.41, 5.74) is 2.94. The van der Waals surface area contributed by atoms with E-state index in [1.807, 2.05) is 7.05 Å². The second kappa shape index (κ2) is 7.87. The van der Waals surface area contributed by atoms with Crippen molar-refractivity contribution in [1.29, 1.82) is 0 Å². The first-order valence-electron chi connectivity index (χ1n) is 10.8. The summed E-state index contributed by atoms with van der Waals surface area (Å²) < 4.78 is 13.3. The van der Waals surface area contributed by atoms with E-state index in [-0.39, 0.29) is 0 Å². The van der Waals surface area contributed by atoms with Gasteiger partial charge in [0, 0.05) is 17.3 Å². The van der Waals surface area contributed by atoms with Crippen molar-refractivity contribution in [3.8, 4) is 5.30 Å². The van der Waals surface area contributed by atoms with Crippen LogP contribution >= 0.6 is 8.01 Å². The summed E-state index contributed by atoms with van der Waals surface area (Å²) in [5, 5.41) is 11.2. The minimum atomic E-state index is -1.33. The topological polar surface area (TPSA) is 38.3 Å². The van der Waals surface area contributed by atoms with E-state index in [1.54, 1.807) is 0 Å². The Morgan fingerprint density at radius 1 is 0.656 bits per heavy atom. The smallest absolute Gasteiger partial charge is 0.252 e. The molecule has 1 N–H and O–H groups in total. The first-order valence-corrected chi connectivity index (χ1v) is 11.9. The zero-order valence-electron chi connectivity index (χ0n) is 17.7. The number of nitrogens with one attached hydrogen (secondary N) is 1. The van der Waals surface area contributed by atoms with Crippen LogP contribution in [0.2, 0.25) is 0 Å². The Hall–Kier alpha value is -3.52. The second-order valence-corrected chi connectivity index (χ2v) is 9.36. The third kappa shape index (κ3) is 3.18. The summed E-state index contributed by atoms with van der Waals surface area (Å²) >= 11 is 0. The minimum absolute atomic E-state index is 0.805. The summed E-state index contributed by atoms with van der Waals surface area (Å²) in [6, 6.07) is 33.9. The van der Waals surface area contributed by atoms with Crippen molar-refractivity contribution in [1.82, 2.24) is 5.32 Å². The van der Waals surface area contributed by atoms with Crippen molar-refractivity contribution in [3.05, 3.63) is 103 Å². The molecule has 0 atom stereocenters. The van der Waals surface area contributed by atoms with Crippen LogP contribution in [0.25, 0.3) is 48.8 Å². The molecule has 0 spiro atoms. The summed E-state index contributed by atoms with van der Waals surface area (Å²) in [7, 11) is 0.626. The molecule has 0 saturated carbocycles. The molecule has 6 aromatic rings. The Kier molecular flexibility index (Phi) is 4.72. The number of fused-ring (bicyclic) bond motifs is 7. The normalized spacial score (nSPS) is 11.5. The molecule has 0 aliphatic heterocycles. The van der Waals surface area contributed by atoms with Gasteiger partial charge < -0.3 is 13.7 Å². The molecular formula is C28H22NO2P. The van der Waals surface area contributed by atoms with Gasteiger partial charge in [0.1, 0.15) is 11.2 Å². The third-order valence-electron chi connectivity index (χ3n) is 5.90. The van der Waals surface area contributed by atoms with Crippen LogP contribution in [0.1, 0.15) is 5.56 Å². The Morgan fingerprint density at radius 2 is 1.25 bits per heavy atom. The van der Waals surface area contributed by atoms with Crippen LogP contribution < -0.4 is 5.32 Å². The van der Waals surface area contributed by atoms with Crippen LogP contribution in [0.5, 0.6) is 0 Å². The van der Waals surface area contributed by atoms with Crippen molar-refractivity contribution in [2.75, 3.05) is 7.05 Å². The molecule has 3 nitrogen and oxygen atoms in total. The molecule has 0 aliphatic carbocycles. The van der Waals surface area contributed by atoms with Crippen molar-refractivity contribution < 1.29 is 8.39 Å². The van der Waals surface area contributed by atoms with Crippen molar-refractivity contribution in [2.45, 2.75) is 6.54 Å². The maximum absolute atomic E-state index is 6.64. The average Bonchev–Trinajstić information content (AvgIpc) is 3.02. The summed E-state index contributed by atoms with van der Waals surface area (Å²) in [6.45, 7) is 0.805. The lowest BCUT2D eigenvalue weighted by molar-refractivity contribution is 0.651. The van der Waals surface area contributed by atoms with E-state index in [1.165, 1.54) is 27.1 Å². The third-order valence-corrected chi connectivity index (χ3v) is 7.32. The molecule has 5 aromatic carbocycles. The minimum Gasteiger partial charge on any atom is -0.416 e. The largest absolute Gasteiger partial charge is 0.416 e. The standard InChI is InChI=1S/C28H22NO2P/c1-29-18-19-7-6-10-22(17-19)32-30-25-15-13-20-8-2-4-11-23(20)27(25)28-24-12-5-3-9-21(24)14-16-26(28)31-32/h2-17,29H,18H2,1H3. The summed E-state index contributed by atoms with van der Waals surface area (Å²) in [4.78, 5) is 0. The van der Waals surface area contributed by atoms with Gasteiger partial charge in [-0.15, -0.1) is 0 Å². The molecule has 32 heavy (non-hydrogen) atoms. The Morgan fingerprint density at radius 3 is 1.84 bits per heavy atom. The van der Waals surface area contributed by atoms with Gasteiger partial charge in [0.05, 0.1) is 5.30 Å². The quantitative estimate of drug-likeness (QED) is 0.304. The number of hydrogen-bond donors (Lipinski definition) is 1. The van der Waals surface area contributed by atoms with E-state index >= 15 is 0 Å². The van der Waals surface area contributed by atoms with E-state index in [2.05, 4.69) is 102 Å². The molecule has 0 amide bonds. The van der Waals surface area contributed by atoms with Crippen molar-refractivity contribution >= 4 is 51.5 Å². The highest BCUT2D eigenvalue weighted by Gasteiger charge is 2.13. The number of benzene rings is 5. The van der Waals surface area contributed by atoms with Gasteiger partial charge in [0.25, 0.3) is 8.01 Å². The maximum Gasteiger partial charge on any atom is 0.252 e. The molecule has 156 valence electrons. The molecule has 0 unspecified atom stereocenters. The molecule has 0 fully saturated rings. The van der Waals surface area contributed by atoms with Crippen LogP contribution in [0, 0.1) is 0 Å². The summed E-state index contributed by atoms with van der Waals surface area (Å²) in [6.07, 6.45) is 0. The molecular weight excluding hydrogens is 413 g/mol. The van der Waals surface area contributed by atoms with Gasteiger partial charge in [0.15, 0.2) is 0 Å². The Labute approximate surface area is 186 Å². The average molecular weight is 435 g/mol. The van der Waals surface area contributed by atoms with Gasteiger partial charge in [0.2, 0.25) is 0 Å². The van der Waals surface area contributed by atoms with Gasteiger partial charge in [-0.25, -0.2) is 0 Å². The van der Waals surface area contributed by atoms with Crippen LogP contribution in [-0.4, -0.2) is 7.05 Å². The maximum atomic E-state index is 6.64. The van der Waals surface area contributed by atoms with Crippen molar-refractivity contribution in [2.24, 2.45) is 0 Å². The zero-order valence-corrected chi connectivity index (χ0v) is 18.6. The van der Waals surface area contributed by atoms with E-state index in [9.17, 15) is 0 Å². The van der Waals surface area contributed by atoms with Gasteiger partial charge in [-0.2, -0.15) is 0 Å². The monoisotopic (exact) mass is 435 g/mol. The van der Waals surface area contributed by atoms with Gasteiger partial charge in [-0.3, -0.25) is 0 Å². The van der Waals surface area contributed by atoms with E-state index in [0.29, 0.717) is 0 Å². The lowest BCUT2D eigenvalue weighted by atomic mass is 9.99. The highest BCUT2D eigenvalue weighted by Crippen LogP contribution is 2.45. The van der Waals surface area contributed by atoms with Crippen molar-refractivity contribution in [3.63, 3.8) is 0 Å².